The maximum atomic E-state index is 13.8. The number of benzene rings is 4. The molecule has 23 nitrogen and oxygen atoms in total. The number of azo groups is 1. The van der Waals surface area contributed by atoms with Gasteiger partial charge >= 0.3 is 41.8 Å². The Kier molecular flexibility index (Phi) is 20.5. The van der Waals surface area contributed by atoms with E-state index in [1.54, 1.807) is 36.4 Å². The minimum Gasteiger partial charge on any atom is -0.465 e. The lowest BCUT2D eigenvalue weighted by atomic mass is 9.82. The lowest BCUT2D eigenvalue weighted by Gasteiger charge is -2.26. The number of hydrogen-bond donors (Lipinski definition) is 0. The molecule has 0 radical (unpaired) electrons. The van der Waals surface area contributed by atoms with Crippen molar-refractivity contribution >= 4 is 79.8 Å². The maximum Gasteiger partial charge on any atom is 0.333 e. The second-order valence-electron chi connectivity index (χ2n) is 17.5. The lowest BCUT2D eigenvalue weighted by Crippen LogP contribution is -2.30. The smallest absolute Gasteiger partial charge is 0.333 e. The second-order valence-corrected chi connectivity index (χ2v) is 18.5. The summed E-state index contributed by atoms with van der Waals surface area (Å²) < 4.78 is 54.4. The van der Waals surface area contributed by atoms with Crippen molar-refractivity contribution in [3.8, 4) is 34.5 Å². The quantitative estimate of drug-likeness (QED) is 0.00767. The molecular weight excluding hydrogens is 1050 g/mol. The van der Waals surface area contributed by atoms with E-state index in [1.807, 2.05) is 0 Å². The molecule has 2 aliphatic rings. The molecule has 24 heteroatoms. The number of ether oxygens (including phenoxy) is 10. The van der Waals surface area contributed by atoms with Gasteiger partial charge in [0.2, 0.25) is 25.5 Å². The van der Waals surface area contributed by atoms with Crippen LogP contribution in [0.25, 0.3) is 10.2 Å². The van der Waals surface area contributed by atoms with Gasteiger partial charge in [-0.2, -0.15) is 0 Å². The van der Waals surface area contributed by atoms with Gasteiger partial charge in [0.1, 0.15) is 22.8 Å². The molecule has 0 saturated heterocycles. The zero-order valence-corrected chi connectivity index (χ0v) is 43.1. The SMILES string of the molecule is C=CC(=O)OCOc1ccc(OC(=O)C2CCC(C(=O)OCCc3ccc(OC(=O)C4CCC(C(=O)Oc5ccc(OCOC(=O)C=C)c(OCOC(=O)C=C)c5)CC4)c4nc(N=Nc5ccc([N+](=O)[O-])cc5)sc34)CC2)cc1. The lowest BCUT2D eigenvalue weighted by molar-refractivity contribution is -0.384. The summed E-state index contributed by atoms with van der Waals surface area (Å²) in [5, 5.41) is 19.8. The fourth-order valence-electron chi connectivity index (χ4n) is 8.21. The van der Waals surface area contributed by atoms with E-state index in [4.69, 9.17) is 47.4 Å². The Morgan fingerprint density at radius 1 is 0.557 bits per heavy atom. The molecule has 2 fully saturated rings. The molecule has 5 aromatic rings. The molecule has 2 saturated carbocycles. The van der Waals surface area contributed by atoms with Gasteiger partial charge in [-0.15, -0.1) is 10.2 Å². The van der Waals surface area contributed by atoms with Crippen LogP contribution in [0.2, 0.25) is 0 Å². The number of hydrogen-bond acceptors (Lipinski definition) is 23. The van der Waals surface area contributed by atoms with Crippen molar-refractivity contribution in [1.29, 1.82) is 0 Å². The van der Waals surface area contributed by atoms with Crippen molar-refractivity contribution in [3.63, 3.8) is 0 Å². The largest absolute Gasteiger partial charge is 0.465 e. The van der Waals surface area contributed by atoms with E-state index >= 15 is 0 Å². The monoisotopic (exact) mass is 1100 g/mol. The van der Waals surface area contributed by atoms with Gasteiger partial charge in [0, 0.05) is 42.8 Å². The summed E-state index contributed by atoms with van der Waals surface area (Å²) in [5.41, 5.74) is 1.22. The van der Waals surface area contributed by atoms with Gasteiger partial charge in [-0.3, -0.25) is 29.3 Å². The van der Waals surface area contributed by atoms with Crippen LogP contribution in [0.4, 0.5) is 16.5 Å². The number of carbonyl (C=O) groups excluding carboxylic acids is 7. The molecule has 0 N–H and O–H groups in total. The van der Waals surface area contributed by atoms with Crippen molar-refractivity contribution in [2.45, 2.75) is 57.8 Å². The van der Waals surface area contributed by atoms with E-state index in [-0.39, 0.29) is 53.6 Å². The molecule has 412 valence electrons. The van der Waals surface area contributed by atoms with Gasteiger partial charge < -0.3 is 47.4 Å². The van der Waals surface area contributed by atoms with E-state index < -0.39 is 84.0 Å². The number of nitrogens with zero attached hydrogens (tertiary/aromatic N) is 4. The molecule has 7 rings (SSSR count). The van der Waals surface area contributed by atoms with Gasteiger partial charge in [0.15, 0.2) is 17.2 Å². The minimum absolute atomic E-state index is 0.00364. The molecule has 2 aliphatic carbocycles. The highest BCUT2D eigenvalue weighted by atomic mass is 32.1. The molecule has 79 heavy (non-hydrogen) atoms. The minimum atomic E-state index is -0.749. The summed E-state index contributed by atoms with van der Waals surface area (Å²) in [6.45, 7) is 8.62. The molecule has 0 bridgehead atoms. The molecule has 4 aromatic carbocycles. The number of nitro groups is 1. The Balaban J connectivity index is 0.938. The normalized spacial score (nSPS) is 16.8. The van der Waals surface area contributed by atoms with Gasteiger partial charge in [0.05, 0.1) is 45.6 Å². The first-order valence-electron chi connectivity index (χ1n) is 24.6. The Morgan fingerprint density at radius 2 is 1.04 bits per heavy atom. The van der Waals surface area contributed by atoms with Crippen molar-refractivity contribution in [2.75, 3.05) is 27.0 Å². The standard InChI is InChI=1S/C55H52N4O19S/c1-4-46(60)73-30-70-40-20-22-41(23-21-40)76-52(64)35-9-7-34(8-10-35)51(63)69-28-27-33-15-25-44(49-50(33)79-55(56-49)58-57-38-16-18-39(19-17-38)59(67)68)78-54(66)37-13-11-36(12-14-37)53(65)77-42-24-26-43(71-31-74-47(61)5-2)45(29-42)72-32-75-48(62)6-3/h4-6,15-26,29,34-37H,1-3,7-14,27-28,30-32H2. The fraction of sp³-hybridized carbons (Fsp3) is 0.309. The highest BCUT2D eigenvalue weighted by molar-refractivity contribution is 7.22. The maximum absolute atomic E-state index is 13.8. The summed E-state index contributed by atoms with van der Waals surface area (Å²) >= 11 is 1.15. The Bertz CT molecular complexity index is 3100. The molecule has 0 atom stereocenters. The third-order valence-electron chi connectivity index (χ3n) is 12.4. The predicted molar refractivity (Wildman–Crippen MR) is 278 cm³/mol. The van der Waals surface area contributed by atoms with E-state index in [0.29, 0.717) is 84.3 Å². The molecule has 1 heterocycles. The van der Waals surface area contributed by atoms with Crippen LogP contribution < -0.4 is 28.4 Å². The highest BCUT2D eigenvalue weighted by Gasteiger charge is 2.34. The first-order chi connectivity index (χ1) is 38.2. The first kappa shape index (κ1) is 57.4. The van der Waals surface area contributed by atoms with Gasteiger partial charge in [-0.1, -0.05) is 37.1 Å². The number of thiazole rings is 1. The molecule has 0 aliphatic heterocycles. The van der Waals surface area contributed by atoms with E-state index in [1.165, 1.54) is 42.5 Å². The Morgan fingerprint density at radius 3 is 1.59 bits per heavy atom. The average Bonchev–Trinajstić information content (AvgIpc) is 3.92. The van der Waals surface area contributed by atoms with E-state index in [2.05, 4.69) is 34.9 Å². The van der Waals surface area contributed by atoms with E-state index in [9.17, 15) is 43.7 Å². The fourth-order valence-corrected chi connectivity index (χ4v) is 9.16. The van der Waals surface area contributed by atoms with Crippen molar-refractivity contribution in [2.24, 2.45) is 33.9 Å². The number of esters is 7. The van der Waals surface area contributed by atoms with Crippen molar-refractivity contribution in [1.82, 2.24) is 4.98 Å². The van der Waals surface area contributed by atoms with Crippen LogP contribution in [-0.4, -0.2) is 78.7 Å². The average molecular weight is 1110 g/mol. The molecule has 0 amide bonds. The third-order valence-corrected chi connectivity index (χ3v) is 13.5. The molecular formula is C55H52N4O19S. The van der Waals surface area contributed by atoms with Crippen LogP contribution in [-0.2, 0) is 58.9 Å². The molecule has 0 spiro atoms. The van der Waals surface area contributed by atoms with Gasteiger partial charge in [-0.05, 0) is 112 Å². The van der Waals surface area contributed by atoms with E-state index in [0.717, 1.165) is 29.6 Å². The number of rotatable bonds is 25. The van der Waals surface area contributed by atoms with Gasteiger partial charge in [-0.25, -0.2) is 19.4 Å². The topological polar surface area (TPSA) is 293 Å². The Hall–Kier alpha value is -9.32. The van der Waals surface area contributed by atoms with Crippen LogP contribution in [0.15, 0.2) is 127 Å². The number of non-ortho nitro benzene ring substituents is 1. The summed E-state index contributed by atoms with van der Waals surface area (Å²) in [4.78, 5) is 103. The summed E-state index contributed by atoms with van der Waals surface area (Å²) in [5.74, 6) is -5.01. The van der Waals surface area contributed by atoms with Crippen LogP contribution in [0, 0.1) is 33.8 Å². The van der Waals surface area contributed by atoms with Crippen LogP contribution in [0.3, 0.4) is 0 Å². The Labute approximate surface area is 454 Å². The molecule has 1 aromatic heterocycles. The first-order valence-corrected chi connectivity index (χ1v) is 25.4. The summed E-state index contributed by atoms with van der Waals surface area (Å²) in [6.07, 6.45) is 6.05. The van der Waals surface area contributed by atoms with Crippen LogP contribution >= 0.6 is 11.3 Å². The highest BCUT2D eigenvalue weighted by Crippen LogP contribution is 2.40. The zero-order valence-electron chi connectivity index (χ0n) is 42.3. The third kappa shape index (κ3) is 16.6. The number of nitro benzene ring substituents is 1. The second kappa shape index (κ2) is 28.2. The number of carbonyl (C=O) groups is 7. The van der Waals surface area contributed by atoms with Gasteiger partial charge in [0.25, 0.3) is 5.69 Å². The molecule has 0 unspecified atom stereocenters. The number of aromatic nitrogens is 1. The number of fused-ring (bicyclic) bond motifs is 1. The predicted octanol–water partition coefficient (Wildman–Crippen LogP) is 9.63. The van der Waals surface area contributed by atoms with Crippen LogP contribution in [0.5, 0.6) is 34.5 Å². The summed E-state index contributed by atoms with van der Waals surface area (Å²) in [7, 11) is 0. The van der Waals surface area contributed by atoms with Crippen molar-refractivity contribution in [3.05, 3.63) is 133 Å². The van der Waals surface area contributed by atoms with Crippen LogP contribution in [0.1, 0.15) is 56.9 Å². The zero-order chi connectivity index (χ0) is 56.3. The summed E-state index contributed by atoms with van der Waals surface area (Å²) in [6, 6.07) is 19.2. The van der Waals surface area contributed by atoms with Crippen molar-refractivity contribution < 1.29 is 85.9 Å².